The summed E-state index contributed by atoms with van der Waals surface area (Å²) in [5, 5.41) is 3.48. The highest BCUT2D eigenvalue weighted by Gasteiger charge is 2.13. The topological polar surface area (TPSA) is 51.2 Å². The molecule has 1 aromatic carbocycles. The van der Waals surface area contributed by atoms with E-state index in [9.17, 15) is 4.79 Å². The van der Waals surface area contributed by atoms with Gasteiger partial charge in [-0.1, -0.05) is 11.6 Å². The molecule has 0 aliphatic carbocycles. The van der Waals surface area contributed by atoms with Gasteiger partial charge in [-0.05, 0) is 50.2 Å². The third-order valence-electron chi connectivity index (χ3n) is 3.45. The van der Waals surface area contributed by atoms with Gasteiger partial charge in [-0.25, -0.2) is 4.98 Å². The van der Waals surface area contributed by atoms with Crippen LogP contribution in [0.1, 0.15) is 16.7 Å². The summed E-state index contributed by atoms with van der Waals surface area (Å²) in [6, 6.07) is 11.5. The van der Waals surface area contributed by atoms with Gasteiger partial charge in [0.05, 0.1) is 23.1 Å². The minimum atomic E-state index is -0.0921. The van der Waals surface area contributed by atoms with Gasteiger partial charge in [-0.2, -0.15) is 0 Å². The van der Waals surface area contributed by atoms with Crippen LogP contribution in [0.25, 0.3) is 11.3 Å². The number of hydrogen-bond acceptors (Lipinski definition) is 5. The summed E-state index contributed by atoms with van der Waals surface area (Å²) in [5.41, 5.74) is 1.88. The second-order valence-electron chi connectivity index (χ2n) is 5.31. The number of rotatable bonds is 6. The maximum atomic E-state index is 12.2. The van der Waals surface area contributed by atoms with Crippen molar-refractivity contribution >= 4 is 45.3 Å². The molecule has 4 nitrogen and oxygen atoms in total. The summed E-state index contributed by atoms with van der Waals surface area (Å²) in [7, 11) is 0. The number of carbonyl (C=O) groups excluding carboxylic acids is 1. The lowest BCUT2D eigenvalue weighted by atomic mass is 10.1. The summed E-state index contributed by atoms with van der Waals surface area (Å²) in [4.78, 5) is 18.7. The van der Waals surface area contributed by atoms with E-state index in [0.717, 1.165) is 26.8 Å². The van der Waals surface area contributed by atoms with Gasteiger partial charge < -0.3 is 10.1 Å². The van der Waals surface area contributed by atoms with Crippen LogP contribution in [0.2, 0.25) is 4.34 Å². The van der Waals surface area contributed by atoms with Crippen LogP contribution in [0.15, 0.2) is 36.4 Å². The molecule has 0 fully saturated rings. The molecule has 0 aliphatic heterocycles. The van der Waals surface area contributed by atoms with Crippen LogP contribution in [0, 0.1) is 6.92 Å². The van der Waals surface area contributed by atoms with Gasteiger partial charge in [0.25, 0.3) is 0 Å². The van der Waals surface area contributed by atoms with Crippen LogP contribution in [-0.4, -0.2) is 17.5 Å². The minimum absolute atomic E-state index is 0.0921. The Labute approximate surface area is 159 Å². The predicted octanol–water partition coefficient (Wildman–Crippen LogP) is 5.41. The number of carbonyl (C=O) groups is 1. The average molecular weight is 393 g/mol. The summed E-state index contributed by atoms with van der Waals surface area (Å²) < 4.78 is 6.15. The molecule has 7 heteroatoms. The quantitative estimate of drug-likeness (QED) is 0.609. The van der Waals surface area contributed by atoms with Crippen molar-refractivity contribution in [3.05, 3.63) is 50.5 Å². The zero-order valence-electron chi connectivity index (χ0n) is 13.8. The van der Waals surface area contributed by atoms with Gasteiger partial charge in [0, 0.05) is 15.3 Å². The molecule has 2 aromatic heterocycles. The number of halogens is 1. The molecule has 3 rings (SSSR count). The SMILES string of the molecule is CCOc1ccc(-c2nc(NC(=O)Cc3ccc(Cl)s3)sc2C)cc1. The fourth-order valence-corrected chi connectivity index (χ4v) is 4.30. The first kappa shape index (κ1) is 17.9. The van der Waals surface area contributed by atoms with Crippen LogP contribution in [0.4, 0.5) is 5.13 Å². The Morgan fingerprint density at radius 2 is 1.96 bits per heavy atom. The standard InChI is InChI=1S/C18H17ClN2O2S2/c1-3-23-13-6-4-12(5-7-13)17-11(2)24-18(21-17)20-16(22)10-14-8-9-15(19)25-14/h4-9H,3,10H2,1-2H3,(H,20,21,22). The third-order valence-corrected chi connectivity index (χ3v) is 5.56. The smallest absolute Gasteiger partial charge is 0.231 e. The Hall–Kier alpha value is -1.89. The van der Waals surface area contributed by atoms with Gasteiger partial charge in [0.1, 0.15) is 5.75 Å². The molecule has 0 unspecified atom stereocenters. The summed E-state index contributed by atoms with van der Waals surface area (Å²) >= 11 is 8.78. The second-order valence-corrected chi connectivity index (χ2v) is 8.31. The fraction of sp³-hybridized carbons (Fsp3) is 0.222. The number of amides is 1. The highest BCUT2D eigenvalue weighted by molar-refractivity contribution is 7.16. The molecule has 1 N–H and O–H groups in total. The highest BCUT2D eigenvalue weighted by Crippen LogP contribution is 2.31. The van der Waals surface area contributed by atoms with Crippen molar-refractivity contribution in [3.8, 4) is 17.0 Å². The summed E-state index contributed by atoms with van der Waals surface area (Å²) in [5.74, 6) is 0.743. The number of anilines is 1. The van der Waals surface area contributed by atoms with Crippen molar-refractivity contribution in [1.82, 2.24) is 4.98 Å². The highest BCUT2D eigenvalue weighted by atomic mass is 35.5. The molecular weight excluding hydrogens is 376 g/mol. The molecule has 25 heavy (non-hydrogen) atoms. The van der Waals surface area contributed by atoms with E-state index in [2.05, 4.69) is 10.3 Å². The van der Waals surface area contributed by atoms with E-state index in [-0.39, 0.29) is 5.91 Å². The minimum Gasteiger partial charge on any atom is -0.494 e. The van der Waals surface area contributed by atoms with Crippen molar-refractivity contribution in [2.45, 2.75) is 20.3 Å². The summed E-state index contributed by atoms with van der Waals surface area (Å²) in [6.07, 6.45) is 0.300. The normalized spacial score (nSPS) is 10.7. The Bertz CT molecular complexity index is 872. The van der Waals surface area contributed by atoms with Crippen molar-refractivity contribution in [2.75, 3.05) is 11.9 Å². The number of aryl methyl sites for hydroxylation is 1. The first-order valence-corrected chi connectivity index (χ1v) is 9.81. The molecular formula is C18H17ClN2O2S2. The van der Waals surface area contributed by atoms with E-state index in [1.807, 2.05) is 44.2 Å². The van der Waals surface area contributed by atoms with Gasteiger partial charge >= 0.3 is 0 Å². The molecule has 0 saturated carbocycles. The number of thiazole rings is 1. The Kier molecular flexibility index (Phi) is 5.73. The van der Waals surface area contributed by atoms with Crippen LogP contribution >= 0.6 is 34.3 Å². The molecule has 0 saturated heterocycles. The van der Waals surface area contributed by atoms with E-state index >= 15 is 0 Å². The van der Waals surface area contributed by atoms with Crippen molar-refractivity contribution < 1.29 is 9.53 Å². The third kappa shape index (κ3) is 4.60. The Balaban J connectivity index is 1.70. The van der Waals surface area contributed by atoms with Crippen LogP contribution in [0.3, 0.4) is 0 Å². The van der Waals surface area contributed by atoms with Crippen LogP contribution < -0.4 is 10.1 Å². The molecule has 0 atom stereocenters. The summed E-state index contributed by atoms with van der Waals surface area (Å²) in [6.45, 7) is 4.59. The first-order valence-electron chi connectivity index (χ1n) is 7.80. The second kappa shape index (κ2) is 7.99. The number of aromatic nitrogens is 1. The van der Waals surface area contributed by atoms with Gasteiger partial charge in [-0.15, -0.1) is 22.7 Å². The van der Waals surface area contributed by atoms with E-state index in [1.165, 1.54) is 22.7 Å². The number of ether oxygens (including phenoxy) is 1. The number of nitrogens with one attached hydrogen (secondary N) is 1. The maximum Gasteiger partial charge on any atom is 0.231 e. The van der Waals surface area contributed by atoms with E-state index in [0.29, 0.717) is 22.5 Å². The number of hydrogen-bond donors (Lipinski definition) is 1. The number of thiophene rings is 1. The Morgan fingerprint density at radius 1 is 1.20 bits per heavy atom. The molecule has 130 valence electrons. The van der Waals surface area contributed by atoms with Crippen molar-refractivity contribution in [1.29, 1.82) is 0 Å². The number of nitrogens with zero attached hydrogens (tertiary/aromatic N) is 1. The maximum absolute atomic E-state index is 12.2. The molecule has 0 aliphatic rings. The lowest BCUT2D eigenvalue weighted by Crippen LogP contribution is -2.13. The lowest BCUT2D eigenvalue weighted by Gasteiger charge is -2.04. The zero-order chi connectivity index (χ0) is 17.8. The predicted molar refractivity (Wildman–Crippen MR) is 105 cm³/mol. The van der Waals surface area contributed by atoms with Gasteiger partial charge in [0.2, 0.25) is 5.91 Å². The fourth-order valence-electron chi connectivity index (χ4n) is 2.36. The molecule has 3 aromatic rings. The van der Waals surface area contributed by atoms with Crippen LogP contribution in [-0.2, 0) is 11.2 Å². The average Bonchev–Trinajstić information content (AvgIpc) is 3.14. The van der Waals surface area contributed by atoms with Gasteiger partial charge in [-0.3, -0.25) is 4.79 Å². The van der Waals surface area contributed by atoms with E-state index in [1.54, 1.807) is 6.07 Å². The molecule has 0 spiro atoms. The molecule has 1 amide bonds. The Morgan fingerprint density at radius 3 is 2.60 bits per heavy atom. The zero-order valence-corrected chi connectivity index (χ0v) is 16.2. The van der Waals surface area contributed by atoms with Crippen molar-refractivity contribution in [3.63, 3.8) is 0 Å². The van der Waals surface area contributed by atoms with E-state index in [4.69, 9.17) is 16.3 Å². The molecule has 0 bridgehead atoms. The largest absolute Gasteiger partial charge is 0.494 e. The van der Waals surface area contributed by atoms with Crippen LogP contribution in [0.5, 0.6) is 5.75 Å². The van der Waals surface area contributed by atoms with Crippen molar-refractivity contribution in [2.24, 2.45) is 0 Å². The number of benzene rings is 1. The first-order chi connectivity index (χ1) is 12.0. The van der Waals surface area contributed by atoms with E-state index < -0.39 is 0 Å². The van der Waals surface area contributed by atoms with Gasteiger partial charge in [0.15, 0.2) is 5.13 Å². The monoisotopic (exact) mass is 392 g/mol. The molecule has 2 heterocycles. The lowest BCUT2D eigenvalue weighted by molar-refractivity contribution is -0.115. The molecule has 0 radical (unpaired) electrons.